The first kappa shape index (κ1) is 12.1. The van der Waals surface area contributed by atoms with Gasteiger partial charge in [-0.3, -0.25) is 14.9 Å². The number of non-ortho nitro benzene ring substituents is 1. The standard InChI is InChI=1S/C9H5Br2NO3/c10-9(11)5-8(13)6-1-3-7(4-2-6)12(14)15/h1-5H. The lowest BCUT2D eigenvalue weighted by molar-refractivity contribution is -0.384. The summed E-state index contributed by atoms with van der Waals surface area (Å²) >= 11 is 6.12. The molecule has 0 unspecified atom stereocenters. The van der Waals surface area contributed by atoms with Gasteiger partial charge in [-0.1, -0.05) is 0 Å². The Bertz CT molecular complexity index is 421. The number of nitrogens with zero attached hydrogens (tertiary/aromatic N) is 1. The number of nitro benzene ring substituents is 1. The van der Waals surface area contributed by atoms with Crippen LogP contribution in [0.1, 0.15) is 10.4 Å². The number of hydrogen-bond donors (Lipinski definition) is 0. The van der Waals surface area contributed by atoms with Gasteiger partial charge in [0.25, 0.3) is 5.69 Å². The predicted molar refractivity (Wildman–Crippen MR) is 63.4 cm³/mol. The minimum Gasteiger partial charge on any atom is -0.289 e. The molecular weight excluding hydrogens is 330 g/mol. The fourth-order valence-electron chi connectivity index (χ4n) is 0.930. The molecule has 0 spiro atoms. The molecule has 1 rings (SSSR count). The van der Waals surface area contributed by atoms with Crippen LogP contribution in [0.2, 0.25) is 0 Å². The monoisotopic (exact) mass is 333 g/mol. The third kappa shape index (κ3) is 3.56. The maximum Gasteiger partial charge on any atom is 0.269 e. The van der Waals surface area contributed by atoms with Crippen molar-refractivity contribution in [1.29, 1.82) is 0 Å². The van der Waals surface area contributed by atoms with E-state index in [4.69, 9.17) is 0 Å². The molecule has 0 fully saturated rings. The lowest BCUT2D eigenvalue weighted by atomic mass is 10.1. The van der Waals surface area contributed by atoms with Crippen LogP contribution in [0.5, 0.6) is 0 Å². The summed E-state index contributed by atoms with van der Waals surface area (Å²) in [6.45, 7) is 0. The van der Waals surface area contributed by atoms with Crippen LogP contribution < -0.4 is 0 Å². The molecule has 0 aliphatic carbocycles. The molecule has 0 aliphatic rings. The van der Waals surface area contributed by atoms with E-state index in [-0.39, 0.29) is 11.5 Å². The normalized spacial score (nSPS) is 9.47. The van der Waals surface area contributed by atoms with E-state index in [1.165, 1.54) is 30.3 Å². The molecule has 78 valence electrons. The summed E-state index contributed by atoms with van der Waals surface area (Å²) in [5.41, 5.74) is 0.366. The van der Waals surface area contributed by atoms with E-state index in [0.717, 1.165) is 0 Å². The first-order valence-electron chi connectivity index (χ1n) is 3.82. The van der Waals surface area contributed by atoms with E-state index in [2.05, 4.69) is 31.9 Å². The molecule has 1 aromatic carbocycles. The van der Waals surface area contributed by atoms with Crippen molar-refractivity contribution in [2.24, 2.45) is 0 Å². The number of halogens is 2. The van der Waals surface area contributed by atoms with Crippen molar-refractivity contribution in [1.82, 2.24) is 0 Å². The van der Waals surface area contributed by atoms with E-state index >= 15 is 0 Å². The lowest BCUT2D eigenvalue weighted by Gasteiger charge is -1.95. The van der Waals surface area contributed by atoms with Gasteiger partial charge in [0, 0.05) is 23.8 Å². The van der Waals surface area contributed by atoms with E-state index < -0.39 is 4.92 Å². The minimum absolute atomic E-state index is 0.0339. The van der Waals surface area contributed by atoms with Crippen molar-refractivity contribution in [3.05, 3.63) is 49.4 Å². The molecular formula is C9H5Br2NO3. The highest BCUT2D eigenvalue weighted by atomic mass is 79.9. The third-order valence-electron chi connectivity index (χ3n) is 1.60. The third-order valence-corrected chi connectivity index (χ3v) is 2.06. The average Bonchev–Trinajstić information content (AvgIpc) is 2.17. The molecule has 1 aromatic rings. The van der Waals surface area contributed by atoms with Crippen molar-refractivity contribution >= 4 is 43.3 Å². The van der Waals surface area contributed by atoms with Gasteiger partial charge in [-0.15, -0.1) is 0 Å². The van der Waals surface area contributed by atoms with E-state index in [1.807, 2.05) is 0 Å². The quantitative estimate of drug-likeness (QED) is 0.368. The highest BCUT2D eigenvalue weighted by molar-refractivity contribution is 9.28. The first-order valence-corrected chi connectivity index (χ1v) is 5.41. The minimum atomic E-state index is -0.509. The number of nitro groups is 1. The van der Waals surface area contributed by atoms with Crippen molar-refractivity contribution in [2.45, 2.75) is 0 Å². The van der Waals surface area contributed by atoms with Gasteiger partial charge in [0.1, 0.15) is 0 Å². The summed E-state index contributed by atoms with van der Waals surface area (Å²) in [5.74, 6) is -0.228. The zero-order chi connectivity index (χ0) is 11.4. The van der Waals surface area contributed by atoms with E-state index in [9.17, 15) is 14.9 Å². The number of carbonyl (C=O) groups is 1. The molecule has 0 radical (unpaired) electrons. The van der Waals surface area contributed by atoms with E-state index in [0.29, 0.717) is 8.96 Å². The van der Waals surface area contributed by atoms with Gasteiger partial charge in [-0.05, 0) is 44.0 Å². The maximum absolute atomic E-state index is 11.4. The summed E-state index contributed by atoms with van der Waals surface area (Å²) in [7, 11) is 0. The largest absolute Gasteiger partial charge is 0.289 e. The van der Waals surface area contributed by atoms with Crippen LogP contribution in [0, 0.1) is 10.1 Å². The van der Waals surface area contributed by atoms with Gasteiger partial charge in [0.15, 0.2) is 5.78 Å². The van der Waals surface area contributed by atoms with Crippen LogP contribution in [-0.2, 0) is 0 Å². The molecule has 0 saturated carbocycles. The summed E-state index contributed by atoms with van der Waals surface area (Å²) < 4.78 is 0.526. The van der Waals surface area contributed by atoms with Crippen LogP contribution in [0.25, 0.3) is 0 Å². The highest BCUT2D eigenvalue weighted by Gasteiger charge is 2.07. The van der Waals surface area contributed by atoms with Gasteiger partial charge in [-0.25, -0.2) is 0 Å². The fraction of sp³-hybridized carbons (Fsp3) is 0. The van der Waals surface area contributed by atoms with E-state index in [1.54, 1.807) is 0 Å². The van der Waals surface area contributed by atoms with Crippen LogP contribution in [-0.4, -0.2) is 10.7 Å². The zero-order valence-corrected chi connectivity index (χ0v) is 10.5. The number of carbonyl (C=O) groups excluding carboxylic acids is 1. The van der Waals surface area contributed by atoms with Crippen molar-refractivity contribution < 1.29 is 9.72 Å². The number of allylic oxidation sites excluding steroid dienone is 1. The van der Waals surface area contributed by atoms with Gasteiger partial charge in [-0.2, -0.15) is 0 Å². The molecule has 0 bridgehead atoms. The molecule has 0 amide bonds. The number of ketones is 1. The Balaban J connectivity index is 2.94. The van der Waals surface area contributed by atoms with Crippen LogP contribution in [0.3, 0.4) is 0 Å². The fourth-order valence-corrected chi connectivity index (χ4v) is 1.35. The Morgan fingerprint density at radius 2 is 1.80 bits per heavy atom. The molecule has 0 aliphatic heterocycles. The second-order valence-corrected chi connectivity index (χ2v) is 5.38. The van der Waals surface area contributed by atoms with Crippen LogP contribution in [0.15, 0.2) is 33.7 Å². The number of hydrogen-bond acceptors (Lipinski definition) is 3. The zero-order valence-electron chi connectivity index (χ0n) is 7.31. The second kappa shape index (κ2) is 5.18. The van der Waals surface area contributed by atoms with Gasteiger partial charge >= 0.3 is 0 Å². The molecule has 0 aromatic heterocycles. The molecule has 4 nitrogen and oxygen atoms in total. The Kier molecular flexibility index (Phi) is 4.16. The molecule has 0 atom stereocenters. The summed E-state index contributed by atoms with van der Waals surface area (Å²) in [6, 6.07) is 5.42. The molecule has 0 heterocycles. The summed E-state index contributed by atoms with van der Waals surface area (Å²) in [5, 5.41) is 10.4. The Morgan fingerprint density at radius 1 is 1.27 bits per heavy atom. The lowest BCUT2D eigenvalue weighted by Crippen LogP contribution is -1.95. The number of rotatable bonds is 3. The first-order chi connectivity index (χ1) is 7.00. The molecule has 15 heavy (non-hydrogen) atoms. The molecule has 6 heteroatoms. The summed E-state index contributed by atoms with van der Waals surface area (Å²) in [6.07, 6.45) is 1.33. The average molecular weight is 335 g/mol. The predicted octanol–water partition coefficient (Wildman–Crippen LogP) is 3.41. The van der Waals surface area contributed by atoms with Crippen molar-refractivity contribution in [3.8, 4) is 0 Å². The second-order valence-electron chi connectivity index (χ2n) is 2.60. The van der Waals surface area contributed by atoms with Crippen molar-refractivity contribution in [3.63, 3.8) is 0 Å². The Labute approximate surface area is 102 Å². The maximum atomic E-state index is 11.4. The van der Waals surface area contributed by atoms with Crippen molar-refractivity contribution in [2.75, 3.05) is 0 Å². The summed E-state index contributed by atoms with van der Waals surface area (Å²) in [4.78, 5) is 21.3. The van der Waals surface area contributed by atoms with Crippen LogP contribution in [0.4, 0.5) is 5.69 Å². The highest BCUT2D eigenvalue weighted by Crippen LogP contribution is 2.16. The SMILES string of the molecule is O=C(C=C(Br)Br)c1ccc([N+](=O)[O-])cc1. The molecule has 0 N–H and O–H groups in total. The van der Waals surface area contributed by atoms with Gasteiger partial charge in [0.2, 0.25) is 0 Å². The Morgan fingerprint density at radius 3 is 2.20 bits per heavy atom. The van der Waals surface area contributed by atoms with Gasteiger partial charge in [0.05, 0.1) is 8.31 Å². The topological polar surface area (TPSA) is 60.2 Å². The Hall–Kier alpha value is -1.01. The molecule has 0 saturated heterocycles. The van der Waals surface area contributed by atoms with Gasteiger partial charge < -0.3 is 0 Å². The van der Waals surface area contributed by atoms with Crippen LogP contribution >= 0.6 is 31.9 Å². The smallest absolute Gasteiger partial charge is 0.269 e. The number of benzene rings is 1.